The van der Waals surface area contributed by atoms with Gasteiger partial charge in [-0.25, -0.2) is 17.2 Å². The molecule has 42 heavy (non-hydrogen) atoms. The molecule has 3 rings (SSSR count). The van der Waals surface area contributed by atoms with Gasteiger partial charge in [-0.05, 0) is 55.2 Å². The van der Waals surface area contributed by atoms with E-state index in [1.807, 2.05) is 44.2 Å². The smallest absolute Gasteiger partial charge is 0.243 e. The summed E-state index contributed by atoms with van der Waals surface area (Å²) in [4.78, 5) is 28.9. The average molecular weight is 620 g/mol. The summed E-state index contributed by atoms with van der Waals surface area (Å²) >= 11 is 6.07. The second-order valence-electron chi connectivity index (χ2n) is 10.2. The molecule has 7 nitrogen and oxygen atoms in total. The highest BCUT2D eigenvalue weighted by Crippen LogP contribution is 2.22. The van der Waals surface area contributed by atoms with Gasteiger partial charge in [-0.1, -0.05) is 61.0 Å². The van der Waals surface area contributed by atoms with Crippen molar-refractivity contribution in [3.8, 4) is 0 Å². The van der Waals surface area contributed by atoms with Crippen LogP contribution in [0.15, 0.2) is 72.8 Å². The first kappa shape index (κ1) is 33.0. The zero-order chi connectivity index (χ0) is 30.9. The number of nitrogens with one attached hydrogen (secondary N) is 1. The first-order valence-corrected chi connectivity index (χ1v) is 15.9. The van der Waals surface area contributed by atoms with Crippen LogP contribution in [-0.4, -0.2) is 50.0 Å². The molecule has 226 valence electrons. The zero-order valence-electron chi connectivity index (χ0n) is 23.9. The number of sulfonamides is 1. The quantitative estimate of drug-likeness (QED) is 0.250. The summed E-state index contributed by atoms with van der Waals surface area (Å²) in [6.45, 7) is 3.82. The molecule has 0 aliphatic carbocycles. The first-order valence-electron chi connectivity index (χ1n) is 13.7. The van der Waals surface area contributed by atoms with Crippen molar-refractivity contribution in [1.29, 1.82) is 0 Å². The molecule has 3 aromatic carbocycles. The fourth-order valence-electron chi connectivity index (χ4n) is 4.43. The molecule has 0 fully saturated rings. The molecule has 0 saturated carbocycles. The number of anilines is 1. The monoisotopic (exact) mass is 619 g/mol. The summed E-state index contributed by atoms with van der Waals surface area (Å²) in [5.41, 5.74) is 1.59. The van der Waals surface area contributed by atoms with Crippen LogP contribution in [-0.2, 0) is 32.6 Å². The van der Waals surface area contributed by atoms with Gasteiger partial charge in [0.15, 0.2) is 11.6 Å². The molecule has 0 radical (unpaired) electrons. The molecule has 0 heterocycles. The summed E-state index contributed by atoms with van der Waals surface area (Å²) < 4.78 is 53.3. The van der Waals surface area contributed by atoms with E-state index in [9.17, 15) is 26.8 Å². The van der Waals surface area contributed by atoms with Crippen LogP contribution >= 0.6 is 11.6 Å². The number of rotatable bonds is 14. The Morgan fingerprint density at radius 2 is 1.62 bits per heavy atom. The third-order valence-electron chi connectivity index (χ3n) is 6.88. The predicted octanol–water partition coefficient (Wildman–Crippen LogP) is 5.72. The van der Waals surface area contributed by atoms with Gasteiger partial charge in [0.05, 0.1) is 11.9 Å². The number of nitrogens with zero attached hydrogens (tertiary/aromatic N) is 2. The molecule has 3 aromatic rings. The number of hydrogen-bond donors (Lipinski definition) is 1. The van der Waals surface area contributed by atoms with Crippen molar-refractivity contribution in [3.63, 3.8) is 0 Å². The number of carbonyl (C=O) groups is 2. The summed E-state index contributed by atoms with van der Waals surface area (Å²) in [6, 6.07) is 18.2. The van der Waals surface area contributed by atoms with Crippen LogP contribution in [0.5, 0.6) is 0 Å². The second-order valence-corrected chi connectivity index (χ2v) is 12.6. The topological polar surface area (TPSA) is 86.8 Å². The summed E-state index contributed by atoms with van der Waals surface area (Å²) in [6.07, 6.45) is 1.92. The number of halogens is 3. The van der Waals surface area contributed by atoms with Crippen LogP contribution in [0.3, 0.4) is 0 Å². The van der Waals surface area contributed by atoms with Crippen molar-refractivity contribution in [3.05, 3.63) is 101 Å². The lowest BCUT2D eigenvalue weighted by atomic mass is 10.0. The number of hydrogen-bond acceptors (Lipinski definition) is 4. The van der Waals surface area contributed by atoms with E-state index in [4.69, 9.17) is 11.6 Å². The van der Waals surface area contributed by atoms with Crippen LogP contribution in [0.2, 0.25) is 5.02 Å². The van der Waals surface area contributed by atoms with Gasteiger partial charge in [-0.15, -0.1) is 0 Å². The van der Waals surface area contributed by atoms with E-state index < -0.39 is 27.7 Å². The molecule has 2 amide bonds. The van der Waals surface area contributed by atoms with Gasteiger partial charge >= 0.3 is 0 Å². The predicted molar refractivity (Wildman–Crippen MR) is 162 cm³/mol. The molecule has 0 aromatic heterocycles. The van der Waals surface area contributed by atoms with Gasteiger partial charge in [0.1, 0.15) is 6.04 Å². The molecular formula is C31H36ClF2N3O4S. The van der Waals surface area contributed by atoms with Crippen molar-refractivity contribution in [1.82, 2.24) is 10.2 Å². The van der Waals surface area contributed by atoms with Crippen LogP contribution in [0.4, 0.5) is 14.5 Å². The van der Waals surface area contributed by atoms with Gasteiger partial charge in [0.25, 0.3) is 0 Å². The van der Waals surface area contributed by atoms with Gasteiger partial charge in [0.2, 0.25) is 21.8 Å². The Morgan fingerprint density at radius 1 is 0.952 bits per heavy atom. The lowest BCUT2D eigenvalue weighted by Gasteiger charge is -2.32. The normalized spacial score (nSPS) is 12.8. The molecule has 0 aliphatic rings. The maximum Gasteiger partial charge on any atom is 0.243 e. The van der Waals surface area contributed by atoms with Crippen molar-refractivity contribution < 1.29 is 26.8 Å². The fraction of sp³-hybridized carbons (Fsp3) is 0.355. The molecule has 0 bridgehead atoms. The van der Waals surface area contributed by atoms with E-state index in [2.05, 4.69) is 5.32 Å². The Balaban J connectivity index is 1.89. The Labute approximate surface area is 251 Å². The van der Waals surface area contributed by atoms with Crippen molar-refractivity contribution in [2.75, 3.05) is 17.1 Å². The largest absolute Gasteiger partial charge is 0.352 e. The summed E-state index contributed by atoms with van der Waals surface area (Å²) in [5, 5.41) is 3.53. The third kappa shape index (κ3) is 9.52. The molecule has 0 spiro atoms. The van der Waals surface area contributed by atoms with Crippen molar-refractivity contribution >= 4 is 39.1 Å². The Morgan fingerprint density at radius 3 is 2.21 bits per heavy atom. The van der Waals surface area contributed by atoms with E-state index >= 15 is 0 Å². The first-order chi connectivity index (χ1) is 19.9. The number of amides is 2. The Kier molecular flexibility index (Phi) is 11.9. The van der Waals surface area contributed by atoms with Gasteiger partial charge in [0, 0.05) is 43.1 Å². The molecule has 2 atom stereocenters. The number of carbonyl (C=O) groups excluding carboxylic acids is 2. The summed E-state index contributed by atoms with van der Waals surface area (Å²) in [7, 11) is -3.86. The minimum absolute atomic E-state index is 0.0447. The van der Waals surface area contributed by atoms with Crippen LogP contribution in [0, 0.1) is 11.6 Å². The standard InChI is InChI=1S/C31H36ClF2N3O4S/c1-4-22(2)35-31(39)29(19-23-9-6-5-7-10-23)36(21-24-12-14-25(32)15-13-24)30(38)11-8-18-37(42(3,40)41)26-16-17-27(33)28(34)20-26/h5-7,9-10,12-17,20,22,29H,4,8,11,18-19,21H2,1-3H3,(H,35,39)/t22-,29-/m1/s1. The highest BCUT2D eigenvalue weighted by Gasteiger charge is 2.31. The number of benzene rings is 3. The SMILES string of the molecule is CC[C@@H](C)NC(=O)[C@@H](Cc1ccccc1)N(Cc1ccc(Cl)cc1)C(=O)CCCN(c1ccc(F)c(F)c1)S(C)(=O)=O. The Hall–Kier alpha value is -3.50. The van der Waals surface area contributed by atoms with Gasteiger partial charge in [-0.3, -0.25) is 13.9 Å². The maximum absolute atomic E-state index is 13.9. The highest BCUT2D eigenvalue weighted by molar-refractivity contribution is 7.92. The van der Waals surface area contributed by atoms with E-state index in [0.717, 1.165) is 33.8 Å². The minimum Gasteiger partial charge on any atom is -0.352 e. The molecule has 11 heteroatoms. The molecular weight excluding hydrogens is 584 g/mol. The van der Waals surface area contributed by atoms with Crippen LogP contribution < -0.4 is 9.62 Å². The molecule has 0 unspecified atom stereocenters. The van der Waals surface area contributed by atoms with E-state index in [-0.39, 0.29) is 55.9 Å². The highest BCUT2D eigenvalue weighted by atomic mass is 35.5. The molecule has 0 saturated heterocycles. The van der Waals surface area contributed by atoms with Crippen molar-refractivity contribution in [2.24, 2.45) is 0 Å². The van der Waals surface area contributed by atoms with E-state index in [1.165, 1.54) is 11.0 Å². The molecule has 0 aliphatic heterocycles. The maximum atomic E-state index is 13.9. The third-order valence-corrected chi connectivity index (χ3v) is 8.33. The second kappa shape index (κ2) is 15.1. The zero-order valence-corrected chi connectivity index (χ0v) is 25.5. The van der Waals surface area contributed by atoms with Gasteiger partial charge in [-0.2, -0.15) is 0 Å². The molecule has 1 N–H and O–H groups in total. The fourth-order valence-corrected chi connectivity index (χ4v) is 5.51. The Bertz CT molecular complexity index is 1460. The minimum atomic E-state index is -3.86. The lowest BCUT2D eigenvalue weighted by molar-refractivity contribution is -0.141. The summed E-state index contributed by atoms with van der Waals surface area (Å²) in [5.74, 6) is -2.93. The average Bonchev–Trinajstić information content (AvgIpc) is 2.95. The van der Waals surface area contributed by atoms with Crippen LogP contribution in [0.1, 0.15) is 44.2 Å². The van der Waals surface area contributed by atoms with Gasteiger partial charge < -0.3 is 10.2 Å². The lowest BCUT2D eigenvalue weighted by Crippen LogP contribution is -2.52. The van der Waals surface area contributed by atoms with E-state index in [0.29, 0.717) is 11.4 Å². The van der Waals surface area contributed by atoms with E-state index in [1.54, 1.807) is 24.3 Å². The van der Waals surface area contributed by atoms with Crippen molar-refractivity contribution in [2.45, 2.75) is 58.2 Å². The van der Waals surface area contributed by atoms with Crippen LogP contribution in [0.25, 0.3) is 0 Å².